The average Bonchev–Trinajstić information content (AvgIpc) is 2.22. The van der Waals surface area contributed by atoms with Gasteiger partial charge in [-0.2, -0.15) is 0 Å². The molecule has 0 radical (unpaired) electrons. The molecule has 1 aromatic rings. The van der Waals surface area contributed by atoms with Crippen molar-refractivity contribution >= 4 is 17.6 Å². The number of ether oxygens (including phenoxy) is 1. The SMILES string of the molecule is CCOC(=O)C(Cl)Cc1ccc(F)cc1C. The number of carbonyl (C=O) groups is 1. The van der Waals surface area contributed by atoms with Crippen LogP contribution in [0.4, 0.5) is 4.39 Å². The van der Waals surface area contributed by atoms with Gasteiger partial charge in [0.1, 0.15) is 11.2 Å². The monoisotopic (exact) mass is 244 g/mol. The molecule has 0 fully saturated rings. The van der Waals surface area contributed by atoms with Crippen molar-refractivity contribution < 1.29 is 13.9 Å². The van der Waals surface area contributed by atoms with Gasteiger partial charge in [0.2, 0.25) is 0 Å². The second-order valence-corrected chi connectivity index (χ2v) is 4.02. The molecular formula is C12H14ClFO2. The summed E-state index contributed by atoms with van der Waals surface area (Å²) in [6.07, 6.45) is 0.354. The summed E-state index contributed by atoms with van der Waals surface area (Å²) in [6.45, 7) is 3.82. The number of esters is 1. The number of rotatable bonds is 4. The van der Waals surface area contributed by atoms with Gasteiger partial charge in [-0.3, -0.25) is 4.79 Å². The van der Waals surface area contributed by atoms with Gasteiger partial charge >= 0.3 is 5.97 Å². The molecule has 16 heavy (non-hydrogen) atoms. The molecule has 0 amide bonds. The minimum atomic E-state index is -0.718. The molecule has 0 bridgehead atoms. The van der Waals surface area contributed by atoms with Crippen LogP contribution >= 0.6 is 11.6 Å². The van der Waals surface area contributed by atoms with Crippen LogP contribution in [0, 0.1) is 12.7 Å². The first-order chi connectivity index (χ1) is 7.54. The number of benzene rings is 1. The standard InChI is InChI=1S/C12H14ClFO2/c1-3-16-12(15)11(13)7-9-4-5-10(14)6-8(9)2/h4-6,11H,3,7H2,1-2H3. The predicted molar refractivity (Wildman–Crippen MR) is 61.1 cm³/mol. The molecule has 0 N–H and O–H groups in total. The molecule has 2 nitrogen and oxygen atoms in total. The summed E-state index contributed by atoms with van der Waals surface area (Å²) in [5.74, 6) is -0.726. The van der Waals surface area contributed by atoms with E-state index in [0.29, 0.717) is 13.0 Å². The molecule has 4 heteroatoms. The summed E-state index contributed by atoms with van der Waals surface area (Å²) in [4.78, 5) is 11.3. The van der Waals surface area contributed by atoms with Gasteiger partial charge in [0.25, 0.3) is 0 Å². The maximum Gasteiger partial charge on any atom is 0.324 e. The Morgan fingerprint density at radius 2 is 2.25 bits per heavy atom. The Labute approximate surface area is 99.4 Å². The first-order valence-corrected chi connectivity index (χ1v) is 5.54. The second-order valence-electron chi connectivity index (χ2n) is 3.49. The highest BCUT2D eigenvalue weighted by Gasteiger charge is 2.17. The van der Waals surface area contributed by atoms with Crippen LogP contribution in [-0.4, -0.2) is 18.0 Å². The Bertz CT molecular complexity index is 379. The van der Waals surface area contributed by atoms with Gasteiger partial charge in [-0.05, 0) is 43.5 Å². The van der Waals surface area contributed by atoms with Crippen molar-refractivity contribution in [3.8, 4) is 0 Å². The lowest BCUT2D eigenvalue weighted by atomic mass is 10.0. The topological polar surface area (TPSA) is 26.3 Å². The minimum absolute atomic E-state index is 0.288. The largest absolute Gasteiger partial charge is 0.465 e. The number of alkyl halides is 1. The van der Waals surface area contributed by atoms with Crippen molar-refractivity contribution in [1.29, 1.82) is 0 Å². The molecule has 0 aliphatic heterocycles. The van der Waals surface area contributed by atoms with Crippen LogP contribution in [0.15, 0.2) is 18.2 Å². The van der Waals surface area contributed by atoms with Gasteiger partial charge in [-0.15, -0.1) is 11.6 Å². The highest BCUT2D eigenvalue weighted by Crippen LogP contribution is 2.15. The lowest BCUT2D eigenvalue weighted by molar-refractivity contribution is -0.142. The fraction of sp³-hybridized carbons (Fsp3) is 0.417. The van der Waals surface area contributed by atoms with E-state index < -0.39 is 11.3 Å². The summed E-state index contributed by atoms with van der Waals surface area (Å²) in [5.41, 5.74) is 1.64. The van der Waals surface area contributed by atoms with Gasteiger partial charge in [0, 0.05) is 0 Å². The maximum atomic E-state index is 12.8. The Morgan fingerprint density at radius 3 is 2.81 bits per heavy atom. The predicted octanol–water partition coefficient (Wildman–Crippen LogP) is 2.85. The van der Waals surface area contributed by atoms with E-state index in [9.17, 15) is 9.18 Å². The smallest absolute Gasteiger partial charge is 0.324 e. The van der Waals surface area contributed by atoms with E-state index in [1.165, 1.54) is 12.1 Å². The van der Waals surface area contributed by atoms with Gasteiger partial charge in [0.05, 0.1) is 6.61 Å². The Balaban J connectivity index is 2.69. The van der Waals surface area contributed by atoms with Crippen LogP contribution < -0.4 is 0 Å². The summed E-state index contributed by atoms with van der Waals surface area (Å²) in [6, 6.07) is 4.42. The first-order valence-electron chi connectivity index (χ1n) is 5.10. The van der Waals surface area contributed by atoms with E-state index in [4.69, 9.17) is 16.3 Å². The molecule has 0 heterocycles. The lowest BCUT2D eigenvalue weighted by Crippen LogP contribution is -2.20. The Morgan fingerprint density at radius 1 is 1.56 bits per heavy atom. The summed E-state index contributed by atoms with van der Waals surface area (Å²) in [7, 11) is 0. The van der Waals surface area contributed by atoms with Gasteiger partial charge in [-0.25, -0.2) is 4.39 Å². The van der Waals surface area contributed by atoms with Crippen molar-refractivity contribution in [2.45, 2.75) is 25.6 Å². The third kappa shape index (κ3) is 3.49. The Hall–Kier alpha value is -1.09. The molecule has 1 rings (SSSR count). The Kier molecular flexibility index (Phi) is 4.74. The van der Waals surface area contributed by atoms with Crippen molar-refractivity contribution in [2.75, 3.05) is 6.61 Å². The van der Waals surface area contributed by atoms with Gasteiger partial charge < -0.3 is 4.74 Å². The van der Waals surface area contributed by atoms with Crippen molar-refractivity contribution in [3.05, 3.63) is 35.1 Å². The molecule has 88 valence electrons. The molecule has 0 aliphatic rings. The van der Waals surface area contributed by atoms with Crippen LogP contribution in [-0.2, 0) is 16.0 Å². The first kappa shape index (κ1) is 13.0. The number of hydrogen-bond donors (Lipinski definition) is 0. The highest BCUT2D eigenvalue weighted by molar-refractivity contribution is 6.30. The summed E-state index contributed by atoms with van der Waals surface area (Å²) in [5, 5.41) is -0.718. The van der Waals surface area contributed by atoms with Crippen LogP contribution in [0.25, 0.3) is 0 Å². The highest BCUT2D eigenvalue weighted by atomic mass is 35.5. The van der Waals surface area contributed by atoms with Crippen LogP contribution in [0.2, 0.25) is 0 Å². The number of hydrogen-bond acceptors (Lipinski definition) is 2. The molecule has 0 saturated carbocycles. The van der Waals surface area contributed by atoms with Crippen molar-refractivity contribution in [1.82, 2.24) is 0 Å². The third-order valence-electron chi connectivity index (χ3n) is 2.25. The summed E-state index contributed by atoms with van der Waals surface area (Å²) >= 11 is 5.89. The summed E-state index contributed by atoms with van der Waals surface area (Å²) < 4.78 is 17.6. The molecule has 0 aliphatic carbocycles. The van der Waals surface area contributed by atoms with E-state index >= 15 is 0 Å². The molecule has 0 spiro atoms. The zero-order valence-electron chi connectivity index (χ0n) is 9.30. The van der Waals surface area contributed by atoms with Crippen molar-refractivity contribution in [2.24, 2.45) is 0 Å². The number of aryl methyl sites for hydroxylation is 1. The quantitative estimate of drug-likeness (QED) is 0.601. The van der Waals surface area contributed by atoms with E-state index in [-0.39, 0.29) is 5.82 Å². The third-order valence-corrected chi connectivity index (χ3v) is 2.58. The zero-order chi connectivity index (χ0) is 12.1. The van der Waals surface area contributed by atoms with E-state index in [2.05, 4.69) is 0 Å². The number of halogens is 2. The van der Waals surface area contributed by atoms with Crippen LogP contribution in [0.1, 0.15) is 18.1 Å². The second kappa shape index (κ2) is 5.85. The maximum absolute atomic E-state index is 12.8. The fourth-order valence-electron chi connectivity index (χ4n) is 1.40. The lowest BCUT2D eigenvalue weighted by Gasteiger charge is -2.10. The minimum Gasteiger partial charge on any atom is -0.465 e. The fourth-order valence-corrected chi connectivity index (χ4v) is 1.63. The molecule has 1 aromatic carbocycles. The van der Waals surface area contributed by atoms with E-state index in [1.807, 2.05) is 0 Å². The molecule has 1 atom stereocenters. The number of carbonyl (C=O) groups excluding carboxylic acids is 1. The van der Waals surface area contributed by atoms with Crippen LogP contribution in [0.5, 0.6) is 0 Å². The van der Waals surface area contributed by atoms with Gasteiger partial charge in [-0.1, -0.05) is 6.07 Å². The van der Waals surface area contributed by atoms with Crippen molar-refractivity contribution in [3.63, 3.8) is 0 Å². The zero-order valence-corrected chi connectivity index (χ0v) is 10.1. The van der Waals surface area contributed by atoms with E-state index in [1.54, 1.807) is 19.9 Å². The van der Waals surface area contributed by atoms with Crippen LogP contribution in [0.3, 0.4) is 0 Å². The molecule has 0 aromatic heterocycles. The van der Waals surface area contributed by atoms with E-state index in [0.717, 1.165) is 11.1 Å². The molecular weight excluding hydrogens is 231 g/mol. The van der Waals surface area contributed by atoms with Gasteiger partial charge in [0.15, 0.2) is 0 Å². The molecule has 0 saturated heterocycles. The normalized spacial score (nSPS) is 12.2. The average molecular weight is 245 g/mol. The molecule has 1 unspecified atom stereocenters.